The van der Waals surface area contributed by atoms with Gasteiger partial charge in [0, 0.05) is 7.11 Å². The molecule has 0 heterocycles. The zero-order chi connectivity index (χ0) is 13.1. The molecule has 98 valence electrons. The Bertz CT molecular complexity index is 244. The lowest BCUT2D eigenvalue weighted by atomic mass is 10.0. The number of carbonyl (C=O) groups is 2. The van der Waals surface area contributed by atoms with Gasteiger partial charge in [-0.2, -0.15) is 0 Å². The van der Waals surface area contributed by atoms with Crippen LogP contribution in [0.15, 0.2) is 12.2 Å². The van der Waals surface area contributed by atoms with Crippen LogP contribution in [0.3, 0.4) is 0 Å². The molecule has 0 N–H and O–H groups in total. The fourth-order valence-corrected chi connectivity index (χ4v) is 1.34. The Labute approximate surface area is 102 Å². The SMILES string of the molecule is COC/C=C/CCCC(C(=O)OC)C(=O)OC. The van der Waals surface area contributed by atoms with Gasteiger partial charge in [-0.15, -0.1) is 0 Å². The molecule has 0 aliphatic heterocycles. The van der Waals surface area contributed by atoms with Gasteiger partial charge in [-0.3, -0.25) is 9.59 Å². The molecule has 5 heteroatoms. The average molecular weight is 244 g/mol. The maximum atomic E-state index is 11.3. The van der Waals surface area contributed by atoms with Gasteiger partial charge in [-0.25, -0.2) is 0 Å². The van der Waals surface area contributed by atoms with Crippen molar-refractivity contribution in [2.45, 2.75) is 19.3 Å². The lowest BCUT2D eigenvalue weighted by Gasteiger charge is -2.11. The first kappa shape index (κ1) is 15.6. The molecule has 17 heavy (non-hydrogen) atoms. The molecule has 0 atom stereocenters. The number of ether oxygens (including phenoxy) is 3. The van der Waals surface area contributed by atoms with Crippen molar-refractivity contribution in [2.75, 3.05) is 27.9 Å². The zero-order valence-corrected chi connectivity index (χ0v) is 10.6. The summed E-state index contributed by atoms with van der Waals surface area (Å²) in [6.07, 6.45) is 5.78. The van der Waals surface area contributed by atoms with E-state index in [0.29, 0.717) is 13.0 Å². The average Bonchev–Trinajstić information content (AvgIpc) is 2.36. The first-order valence-corrected chi connectivity index (χ1v) is 5.47. The van der Waals surface area contributed by atoms with Gasteiger partial charge in [0.2, 0.25) is 0 Å². The van der Waals surface area contributed by atoms with Crippen LogP contribution in [0.4, 0.5) is 0 Å². The summed E-state index contributed by atoms with van der Waals surface area (Å²) in [5, 5.41) is 0. The Morgan fingerprint density at radius 1 is 1.06 bits per heavy atom. The number of hydrogen-bond donors (Lipinski definition) is 0. The minimum absolute atomic E-state index is 0.427. The topological polar surface area (TPSA) is 61.8 Å². The third-order valence-corrected chi connectivity index (χ3v) is 2.26. The van der Waals surface area contributed by atoms with E-state index in [2.05, 4.69) is 9.47 Å². The summed E-state index contributed by atoms with van der Waals surface area (Å²) in [6.45, 7) is 0.567. The van der Waals surface area contributed by atoms with E-state index in [4.69, 9.17) is 4.74 Å². The number of rotatable bonds is 8. The predicted octanol–water partition coefficient (Wildman–Crippen LogP) is 1.32. The summed E-state index contributed by atoms with van der Waals surface area (Å²) < 4.78 is 14.0. The monoisotopic (exact) mass is 244 g/mol. The van der Waals surface area contributed by atoms with Crippen molar-refractivity contribution in [3.63, 3.8) is 0 Å². The lowest BCUT2D eigenvalue weighted by molar-refractivity contribution is -0.159. The van der Waals surface area contributed by atoms with Crippen LogP contribution in [-0.2, 0) is 23.8 Å². The minimum atomic E-state index is -0.819. The molecular formula is C12H20O5. The Hall–Kier alpha value is -1.36. The van der Waals surface area contributed by atoms with Gasteiger partial charge in [0.1, 0.15) is 0 Å². The highest BCUT2D eigenvalue weighted by Crippen LogP contribution is 2.12. The molecule has 0 bridgehead atoms. The molecule has 0 rings (SSSR count). The highest BCUT2D eigenvalue weighted by molar-refractivity contribution is 5.94. The first-order valence-electron chi connectivity index (χ1n) is 5.47. The van der Waals surface area contributed by atoms with E-state index >= 15 is 0 Å². The van der Waals surface area contributed by atoms with Gasteiger partial charge in [-0.05, 0) is 19.3 Å². The van der Waals surface area contributed by atoms with Crippen molar-refractivity contribution in [1.29, 1.82) is 0 Å². The van der Waals surface area contributed by atoms with Crippen molar-refractivity contribution in [2.24, 2.45) is 5.92 Å². The second-order valence-electron chi connectivity index (χ2n) is 3.46. The standard InChI is InChI=1S/C12H20O5/c1-15-9-7-5-4-6-8-10(11(13)16-2)12(14)17-3/h5,7,10H,4,6,8-9H2,1-3H3/b7-5+. The molecule has 0 spiro atoms. The van der Waals surface area contributed by atoms with Crippen LogP contribution in [0.1, 0.15) is 19.3 Å². The number of methoxy groups -OCH3 is 3. The summed E-state index contributed by atoms with van der Waals surface area (Å²) in [7, 11) is 4.14. The first-order chi connectivity index (χ1) is 8.17. The van der Waals surface area contributed by atoms with E-state index in [1.807, 2.05) is 12.2 Å². The number of hydrogen-bond acceptors (Lipinski definition) is 5. The molecule has 0 radical (unpaired) electrons. The molecule has 5 nitrogen and oxygen atoms in total. The molecule has 0 aromatic heterocycles. The highest BCUT2D eigenvalue weighted by atomic mass is 16.5. The molecule has 0 unspecified atom stereocenters. The molecule has 0 aromatic carbocycles. The van der Waals surface area contributed by atoms with E-state index in [1.165, 1.54) is 14.2 Å². The van der Waals surface area contributed by atoms with Crippen LogP contribution in [0, 0.1) is 5.92 Å². The largest absolute Gasteiger partial charge is 0.468 e. The van der Waals surface area contributed by atoms with E-state index in [-0.39, 0.29) is 0 Å². The Kier molecular flexibility index (Phi) is 9.05. The third kappa shape index (κ3) is 6.73. The number of esters is 2. The fourth-order valence-electron chi connectivity index (χ4n) is 1.34. The molecule has 0 aromatic rings. The van der Waals surface area contributed by atoms with E-state index in [1.54, 1.807) is 7.11 Å². The van der Waals surface area contributed by atoms with Crippen molar-refractivity contribution in [3.8, 4) is 0 Å². The zero-order valence-electron chi connectivity index (χ0n) is 10.6. The van der Waals surface area contributed by atoms with Gasteiger partial charge < -0.3 is 14.2 Å². The van der Waals surface area contributed by atoms with Crippen molar-refractivity contribution < 1.29 is 23.8 Å². The quantitative estimate of drug-likeness (QED) is 0.279. The Balaban J connectivity index is 4.01. The van der Waals surface area contributed by atoms with Gasteiger partial charge in [0.25, 0.3) is 0 Å². The summed E-state index contributed by atoms with van der Waals surface area (Å²) in [5.41, 5.74) is 0. The molecule has 0 aliphatic carbocycles. The highest BCUT2D eigenvalue weighted by Gasteiger charge is 2.27. The third-order valence-electron chi connectivity index (χ3n) is 2.26. The van der Waals surface area contributed by atoms with Gasteiger partial charge in [0.15, 0.2) is 5.92 Å². The molecular weight excluding hydrogens is 224 g/mol. The lowest BCUT2D eigenvalue weighted by Crippen LogP contribution is -2.26. The number of unbranched alkanes of at least 4 members (excludes halogenated alkanes) is 1. The van der Waals surface area contributed by atoms with Gasteiger partial charge >= 0.3 is 11.9 Å². The Morgan fingerprint density at radius 3 is 2.12 bits per heavy atom. The van der Waals surface area contributed by atoms with E-state index in [0.717, 1.165) is 12.8 Å². The van der Waals surface area contributed by atoms with Crippen LogP contribution in [0.25, 0.3) is 0 Å². The molecule has 0 amide bonds. The normalized spacial score (nSPS) is 10.8. The second kappa shape index (κ2) is 9.84. The summed E-state index contributed by atoms with van der Waals surface area (Å²) in [4.78, 5) is 22.6. The van der Waals surface area contributed by atoms with Crippen molar-refractivity contribution >= 4 is 11.9 Å². The van der Waals surface area contributed by atoms with Crippen molar-refractivity contribution in [3.05, 3.63) is 12.2 Å². The second-order valence-corrected chi connectivity index (χ2v) is 3.46. The van der Waals surface area contributed by atoms with Crippen LogP contribution in [0.2, 0.25) is 0 Å². The van der Waals surface area contributed by atoms with E-state index < -0.39 is 17.9 Å². The summed E-state index contributed by atoms with van der Waals surface area (Å²) >= 11 is 0. The van der Waals surface area contributed by atoms with E-state index in [9.17, 15) is 9.59 Å². The fraction of sp³-hybridized carbons (Fsp3) is 0.667. The smallest absolute Gasteiger partial charge is 0.320 e. The molecule has 0 saturated carbocycles. The van der Waals surface area contributed by atoms with Crippen molar-refractivity contribution in [1.82, 2.24) is 0 Å². The van der Waals surface area contributed by atoms with Crippen LogP contribution >= 0.6 is 0 Å². The van der Waals surface area contributed by atoms with Crippen LogP contribution < -0.4 is 0 Å². The number of carbonyl (C=O) groups excluding carboxylic acids is 2. The van der Waals surface area contributed by atoms with Crippen LogP contribution in [0.5, 0.6) is 0 Å². The molecule has 0 saturated heterocycles. The predicted molar refractivity (Wildman–Crippen MR) is 62.4 cm³/mol. The molecule has 0 fully saturated rings. The van der Waals surface area contributed by atoms with Crippen LogP contribution in [-0.4, -0.2) is 39.9 Å². The minimum Gasteiger partial charge on any atom is -0.468 e. The molecule has 0 aliphatic rings. The van der Waals surface area contributed by atoms with Gasteiger partial charge in [-0.1, -0.05) is 12.2 Å². The maximum Gasteiger partial charge on any atom is 0.320 e. The summed E-state index contributed by atoms with van der Waals surface area (Å²) in [5.74, 6) is -1.91. The maximum absolute atomic E-state index is 11.3. The number of allylic oxidation sites excluding steroid dienone is 1. The summed E-state index contributed by atoms with van der Waals surface area (Å²) in [6, 6.07) is 0. The van der Waals surface area contributed by atoms with Gasteiger partial charge in [0.05, 0.1) is 20.8 Å². The Morgan fingerprint density at radius 2 is 1.65 bits per heavy atom.